The first-order valence-electron chi connectivity index (χ1n) is 7.14. The van der Waals surface area contributed by atoms with E-state index in [1.165, 1.54) is 22.3 Å². The van der Waals surface area contributed by atoms with Gasteiger partial charge in [0.1, 0.15) is 16.6 Å². The fourth-order valence-corrected chi connectivity index (χ4v) is 2.82. The van der Waals surface area contributed by atoms with Gasteiger partial charge in [-0.1, -0.05) is 30.3 Å². The van der Waals surface area contributed by atoms with Gasteiger partial charge in [-0.3, -0.25) is 9.59 Å². The summed E-state index contributed by atoms with van der Waals surface area (Å²) < 4.78 is 0. The Labute approximate surface area is 143 Å². The van der Waals surface area contributed by atoms with Gasteiger partial charge in [0.2, 0.25) is 5.91 Å². The third-order valence-electron chi connectivity index (χ3n) is 3.44. The molecule has 2 rings (SSSR count). The van der Waals surface area contributed by atoms with Crippen LogP contribution in [0.3, 0.4) is 0 Å². The third-order valence-corrected chi connectivity index (χ3v) is 4.16. The number of rotatable bonds is 6. The van der Waals surface area contributed by atoms with Gasteiger partial charge >= 0.3 is 0 Å². The number of amides is 2. The molecule has 0 fully saturated rings. The molecule has 0 bridgehead atoms. The van der Waals surface area contributed by atoms with Crippen molar-refractivity contribution in [2.75, 3.05) is 7.05 Å². The molecule has 1 unspecified atom stereocenters. The summed E-state index contributed by atoms with van der Waals surface area (Å²) >= 11 is 1.33. The number of hydrogen-bond acceptors (Lipinski definition) is 5. The highest BCUT2D eigenvalue weighted by Crippen LogP contribution is 2.24. The molecule has 1 aromatic carbocycles. The highest BCUT2D eigenvalue weighted by atomic mass is 32.1. The van der Waals surface area contributed by atoms with Gasteiger partial charge in [0.25, 0.3) is 5.91 Å². The van der Waals surface area contributed by atoms with Crippen molar-refractivity contribution in [1.29, 1.82) is 5.26 Å². The van der Waals surface area contributed by atoms with E-state index in [2.05, 4.69) is 4.98 Å². The molecule has 0 radical (unpaired) electrons. The summed E-state index contributed by atoms with van der Waals surface area (Å²) in [6.45, 7) is 0. The van der Waals surface area contributed by atoms with E-state index in [4.69, 9.17) is 5.73 Å². The molecule has 6 nitrogen and oxygen atoms in total. The highest BCUT2D eigenvalue weighted by molar-refractivity contribution is 7.10. The Balaban J connectivity index is 2.31. The molecule has 7 heteroatoms. The third kappa shape index (κ3) is 4.27. The van der Waals surface area contributed by atoms with Gasteiger partial charge in [-0.15, -0.1) is 11.3 Å². The van der Waals surface area contributed by atoms with Crippen molar-refractivity contribution < 1.29 is 9.59 Å². The first-order chi connectivity index (χ1) is 11.5. The molecule has 0 spiro atoms. The second kappa shape index (κ2) is 8.04. The molecule has 24 heavy (non-hydrogen) atoms. The first kappa shape index (κ1) is 17.4. The van der Waals surface area contributed by atoms with E-state index in [9.17, 15) is 14.9 Å². The number of aromatic nitrogens is 1. The second-order valence-corrected chi connectivity index (χ2v) is 5.98. The van der Waals surface area contributed by atoms with Gasteiger partial charge in [0.15, 0.2) is 0 Å². The summed E-state index contributed by atoms with van der Waals surface area (Å²) in [4.78, 5) is 29.5. The Morgan fingerprint density at radius 3 is 2.67 bits per heavy atom. The minimum atomic E-state index is -0.538. The predicted octanol–water partition coefficient (Wildman–Crippen LogP) is 2.13. The van der Waals surface area contributed by atoms with Crippen LogP contribution in [-0.2, 0) is 9.59 Å². The van der Waals surface area contributed by atoms with Crippen LogP contribution in [0.1, 0.15) is 23.0 Å². The number of nitriles is 1. The smallest absolute Gasteiger partial charge is 0.264 e. The highest BCUT2D eigenvalue weighted by Gasteiger charge is 2.25. The number of nitrogens with two attached hydrogens (primary N) is 1. The minimum Gasteiger partial charge on any atom is -0.370 e. The van der Waals surface area contributed by atoms with Gasteiger partial charge in [-0.05, 0) is 11.6 Å². The molecule has 0 saturated carbocycles. The summed E-state index contributed by atoms with van der Waals surface area (Å²) in [5, 5.41) is 11.6. The van der Waals surface area contributed by atoms with E-state index in [0.717, 1.165) is 5.56 Å². The Bertz CT molecular complexity index is 779. The lowest BCUT2D eigenvalue weighted by molar-refractivity contribution is -0.128. The maximum Gasteiger partial charge on any atom is 0.264 e. The lowest BCUT2D eigenvalue weighted by Crippen LogP contribution is -2.34. The number of primary amides is 1. The number of thiazole rings is 1. The van der Waals surface area contributed by atoms with E-state index in [1.807, 2.05) is 36.4 Å². The quantitative estimate of drug-likeness (QED) is 0.643. The molecule has 0 saturated heterocycles. The van der Waals surface area contributed by atoms with Crippen molar-refractivity contribution in [1.82, 2.24) is 9.88 Å². The van der Waals surface area contributed by atoms with E-state index in [1.54, 1.807) is 18.6 Å². The molecule has 122 valence electrons. The summed E-state index contributed by atoms with van der Waals surface area (Å²) in [5.74, 6) is -1.01. The van der Waals surface area contributed by atoms with Crippen LogP contribution in [0.4, 0.5) is 0 Å². The molecule has 0 aliphatic carbocycles. The van der Waals surface area contributed by atoms with Crippen LogP contribution in [0.2, 0.25) is 0 Å². The maximum absolute atomic E-state index is 12.7. The molecule has 1 heterocycles. The fraction of sp³-hybridized carbons (Fsp3) is 0.176. The number of likely N-dealkylation sites (N-methyl/N-ethyl adjacent to an activating group) is 1. The normalized spacial score (nSPS) is 12.2. The number of nitrogens with zero attached hydrogens (tertiary/aromatic N) is 3. The Morgan fingerprint density at radius 2 is 2.12 bits per heavy atom. The van der Waals surface area contributed by atoms with E-state index in [-0.39, 0.29) is 12.0 Å². The Morgan fingerprint density at radius 1 is 1.42 bits per heavy atom. The zero-order chi connectivity index (χ0) is 17.5. The SMILES string of the molecule is CN(C(=O)C(C#N)=Cc1nccs1)C(CC(N)=O)c1ccccc1. The zero-order valence-electron chi connectivity index (χ0n) is 13.0. The lowest BCUT2D eigenvalue weighted by atomic mass is 10.0. The topological polar surface area (TPSA) is 100 Å². The minimum absolute atomic E-state index is 0.0256. The monoisotopic (exact) mass is 340 g/mol. The van der Waals surface area contributed by atoms with Crippen LogP contribution < -0.4 is 5.73 Å². The van der Waals surface area contributed by atoms with Crippen molar-refractivity contribution in [2.45, 2.75) is 12.5 Å². The van der Waals surface area contributed by atoms with E-state index >= 15 is 0 Å². The largest absolute Gasteiger partial charge is 0.370 e. The van der Waals surface area contributed by atoms with Crippen LogP contribution in [0, 0.1) is 11.3 Å². The number of benzene rings is 1. The van der Waals surface area contributed by atoms with Crippen molar-refractivity contribution in [3.8, 4) is 6.07 Å². The van der Waals surface area contributed by atoms with Crippen LogP contribution in [0.25, 0.3) is 6.08 Å². The summed E-state index contributed by atoms with van der Waals surface area (Å²) in [6, 6.07) is 10.5. The van der Waals surface area contributed by atoms with Gasteiger partial charge in [-0.2, -0.15) is 5.26 Å². The van der Waals surface area contributed by atoms with Crippen molar-refractivity contribution in [3.63, 3.8) is 0 Å². The Hall–Kier alpha value is -2.98. The van der Waals surface area contributed by atoms with Crippen molar-refractivity contribution in [2.24, 2.45) is 5.73 Å². The number of carbonyl (C=O) groups is 2. The molecule has 2 N–H and O–H groups in total. The van der Waals surface area contributed by atoms with Crippen LogP contribution >= 0.6 is 11.3 Å². The lowest BCUT2D eigenvalue weighted by Gasteiger charge is -2.27. The molecule has 0 aliphatic rings. The fourth-order valence-electron chi connectivity index (χ4n) is 2.25. The summed E-state index contributed by atoms with van der Waals surface area (Å²) in [7, 11) is 1.55. The molecular formula is C17H16N4O2S. The van der Waals surface area contributed by atoms with Gasteiger partial charge in [-0.25, -0.2) is 4.98 Å². The van der Waals surface area contributed by atoms with Gasteiger partial charge < -0.3 is 10.6 Å². The van der Waals surface area contributed by atoms with Crippen LogP contribution in [-0.4, -0.2) is 28.7 Å². The zero-order valence-corrected chi connectivity index (χ0v) is 13.9. The maximum atomic E-state index is 12.7. The summed E-state index contributed by atoms with van der Waals surface area (Å²) in [5.41, 5.74) is 6.05. The molecule has 2 aromatic rings. The van der Waals surface area contributed by atoms with Crippen molar-refractivity contribution in [3.05, 3.63) is 58.1 Å². The molecular weight excluding hydrogens is 324 g/mol. The predicted molar refractivity (Wildman–Crippen MR) is 91.5 cm³/mol. The number of hydrogen-bond donors (Lipinski definition) is 1. The van der Waals surface area contributed by atoms with Gasteiger partial charge in [0.05, 0.1) is 12.5 Å². The summed E-state index contributed by atoms with van der Waals surface area (Å²) in [6.07, 6.45) is 3.01. The molecule has 2 amide bonds. The number of carbonyl (C=O) groups excluding carboxylic acids is 2. The van der Waals surface area contributed by atoms with Crippen molar-refractivity contribution >= 4 is 29.2 Å². The molecule has 0 aliphatic heterocycles. The Kier molecular flexibility index (Phi) is 5.82. The van der Waals surface area contributed by atoms with E-state index < -0.39 is 17.9 Å². The van der Waals surface area contributed by atoms with Gasteiger partial charge in [0, 0.05) is 18.6 Å². The van der Waals surface area contributed by atoms with E-state index in [0.29, 0.717) is 5.01 Å². The molecule has 1 aromatic heterocycles. The average molecular weight is 340 g/mol. The second-order valence-electron chi connectivity index (χ2n) is 5.05. The first-order valence-corrected chi connectivity index (χ1v) is 8.02. The van der Waals surface area contributed by atoms with Crippen LogP contribution in [0.15, 0.2) is 47.5 Å². The average Bonchev–Trinajstić information content (AvgIpc) is 3.10. The van der Waals surface area contributed by atoms with Crippen LogP contribution in [0.5, 0.6) is 0 Å². The molecule has 1 atom stereocenters. The standard InChI is InChI=1S/C17H16N4O2S/c1-21(14(10-15(19)22)12-5-3-2-4-6-12)17(23)13(11-18)9-16-20-7-8-24-16/h2-9,14H,10H2,1H3,(H2,19,22).